The van der Waals surface area contributed by atoms with E-state index in [2.05, 4.69) is 12.2 Å². The number of hydrogen-bond acceptors (Lipinski definition) is 3. The van der Waals surface area contributed by atoms with Crippen molar-refractivity contribution in [2.24, 2.45) is 5.41 Å². The molecule has 17 heavy (non-hydrogen) atoms. The van der Waals surface area contributed by atoms with Crippen molar-refractivity contribution in [2.75, 3.05) is 0 Å². The van der Waals surface area contributed by atoms with Gasteiger partial charge in [-0.2, -0.15) is 0 Å². The fraction of sp³-hybridized carbons (Fsp3) is 0.923. The molecule has 0 saturated heterocycles. The average Bonchev–Trinajstić information content (AvgIpc) is 2.15. The molecule has 0 aromatic heterocycles. The molecule has 3 unspecified atom stereocenters. The van der Waals surface area contributed by atoms with E-state index in [1.807, 2.05) is 27.7 Å². The van der Waals surface area contributed by atoms with Crippen LogP contribution in [0.15, 0.2) is 0 Å². The van der Waals surface area contributed by atoms with Crippen LogP contribution in [0.5, 0.6) is 0 Å². The minimum absolute atomic E-state index is 0.0206. The van der Waals surface area contributed by atoms with Gasteiger partial charge >= 0.3 is 6.09 Å². The summed E-state index contributed by atoms with van der Waals surface area (Å²) < 4.78 is 5.22. The summed E-state index contributed by atoms with van der Waals surface area (Å²) in [6.07, 6.45) is 1.82. The molecular formula is C13H25NO3. The second kappa shape index (κ2) is 4.84. The van der Waals surface area contributed by atoms with Gasteiger partial charge in [-0.1, -0.05) is 20.3 Å². The molecule has 0 heterocycles. The third-order valence-corrected chi connectivity index (χ3v) is 3.50. The molecule has 4 heteroatoms. The quantitative estimate of drug-likeness (QED) is 0.800. The van der Waals surface area contributed by atoms with Crippen LogP contribution in [0.2, 0.25) is 0 Å². The van der Waals surface area contributed by atoms with Gasteiger partial charge in [0, 0.05) is 11.5 Å². The van der Waals surface area contributed by atoms with Crippen molar-refractivity contribution in [1.82, 2.24) is 5.32 Å². The van der Waals surface area contributed by atoms with Crippen LogP contribution in [0.1, 0.15) is 53.9 Å². The highest BCUT2D eigenvalue weighted by molar-refractivity contribution is 5.68. The summed E-state index contributed by atoms with van der Waals surface area (Å²) in [6.45, 7) is 9.63. The number of nitrogens with one attached hydrogen (secondary N) is 1. The standard InChI is InChI=1S/C13H25NO3/c1-6-7-13(5)9(8-10(13)15)14-11(16)17-12(2,3)4/h9-10,15H,6-8H2,1-5H3,(H,14,16). The van der Waals surface area contributed by atoms with E-state index in [1.54, 1.807) is 0 Å². The maximum absolute atomic E-state index is 11.6. The summed E-state index contributed by atoms with van der Waals surface area (Å²) in [5.74, 6) is 0. The molecule has 1 amide bonds. The lowest BCUT2D eigenvalue weighted by Crippen LogP contribution is -2.62. The molecule has 100 valence electrons. The highest BCUT2D eigenvalue weighted by Crippen LogP contribution is 2.44. The number of ether oxygens (including phenoxy) is 1. The second-order valence-corrected chi connectivity index (χ2v) is 6.21. The molecule has 1 saturated carbocycles. The minimum Gasteiger partial charge on any atom is -0.444 e. The van der Waals surface area contributed by atoms with Gasteiger partial charge in [-0.25, -0.2) is 4.79 Å². The molecule has 0 spiro atoms. The number of aliphatic hydroxyl groups is 1. The lowest BCUT2D eigenvalue weighted by Gasteiger charge is -2.51. The van der Waals surface area contributed by atoms with Crippen LogP contribution in [0.3, 0.4) is 0 Å². The van der Waals surface area contributed by atoms with E-state index in [9.17, 15) is 9.90 Å². The third-order valence-electron chi connectivity index (χ3n) is 3.50. The van der Waals surface area contributed by atoms with Gasteiger partial charge in [0.1, 0.15) is 5.60 Å². The zero-order valence-electron chi connectivity index (χ0n) is 11.5. The maximum Gasteiger partial charge on any atom is 0.407 e. The maximum atomic E-state index is 11.6. The van der Waals surface area contributed by atoms with Crippen molar-refractivity contribution in [1.29, 1.82) is 0 Å². The number of alkyl carbamates (subject to hydrolysis) is 1. The van der Waals surface area contributed by atoms with Crippen molar-refractivity contribution in [2.45, 2.75) is 71.6 Å². The second-order valence-electron chi connectivity index (χ2n) is 6.21. The SMILES string of the molecule is CCCC1(C)C(O)CC1NC(=O)OC(C)(C)C. The Kier molecular flexibility index (Phi) is 4.07. The normalized spacial score (nSPS) is 32.8. The Balaban J connectivity index is 2.50. The largest absolute Gasteiger partial charge is 0.444 e. The summed E-state index contributed by atoms with van der Waals surface area (Å²) in [5, 5.41) is 12.7. The van der Waals surface area contributed by atoms with Crippen LogP contribution in [0.25, 0.3) is 0 Å². The Morgan fingerprint density at radius 1 is 1.53 bits per heavy atom. The van der Waals surface area contributed by atoms with Gasteiger partial charge < -0.3 is 15.2 Å². The number of rotatable bonds is 3. The molecule has 1 fully saturated rings. The van der Waals surface area contributed by atoms with Crippen LogP contribution >= 0.6 is 0 Å². The van der Waals surface area contributed by atoms with Gasteiger partial charge in [0.2, 0.25) is 0 Å². The molecule has 0 aliphatic heterocycles. The van der Waals surface area contributed by atoms with Crippen molar-refractivity contribution in [3.05, 3.63) is 0 Å². The van der Waals surface area contributed by atoms with E-state index in [1.165, 1.54) is 0 Å². The first-order chi connectivity index (χ1) is 7.69. The van der Waals surface area contributed by atoms with E-state index >= 15 is 0 Å². The van der Waals surface area contributed by atoms with Gasteiger partial charge in [-0.15, -0.1) is 0 Å². The summed E-state index contributed by atoms with van der Waals surface area (Å²) in [6, 6.07) is 0.0206. The fourth-order valence-electron chi connectivity index (χ4n) is 2.39. The molecular weight excluding hydrogens is 218 g/mol. The highest BCUT2D eigenvalue weighted by Gasteiger charge is 2.51. The average molecular weight is 243 g/mol. The molecule has 4 nitrogen and oxygen atoms in total. The first-order valence-corrected chi connectivity index (χ1v) is 6.36. The van der Waals surface area contributed by atoms with Crippen LogP contribution in [0.4, 0.5) is 4.79 Å². The van der Waals surface area contributed by atoms with E-state index in [-0.39, 0.29) is 17.6 Å². The van der Waals surface area contributed by atoms with Gasteiger partial charge in [0.05, 0.1) is 6.10 Å². The number of hydrogen-bond donors (Lipinski definition) is 2. The van der Waals surface area contributed by atoms with Crippen molar-refractivity contribution in [3.8, 4) is 0 Å². The monoisotopic (exact) mass is 243 g/mol. The zero-order valence-corrected chi connectivity index (χ0v) is 11.5. The summed E-state index contributed by atoms with van der Waals surface area (Å²) >= 11 is 0. The highest BCUT2D eigenvalue weighted by atomic mass is 16.6. The summed E-state index contributed by atoms with van der Waals surface area (Å²) in [5.41, 5.74) is -0.681. The zero-order chi connectivity index (χ0) is 13.3. The van der Waals surface area contributed by atoms with Crippen molar-refractivity contribution < 1.29 is 14.6 Å². The summed E-state index contributed by atoms with van der Waals surface area (Å²) in [4.78, 5) is 11.6. The van der Waals surface area contributed by atoms with Crippen LogP contribution < -0.4 is 5.32 Å². The molecule has 0 bridgehead atoms. The third kappa shape index (κ3) is 3.35. The van der Waals surface area contributed by atoms with E-state index < -0.39 is 11.7 Å². The molecule has 1 aliphatic carbocycles. The molecule has 1 aliphatic rings. The first-order valence-electron chi connectivity index (χ1n) is 6.36. The van der Waals surface area contributed by atoms with Gasteiger partial charge in [-0.05, 0) is 33.6 Å². The van der Waals surface area contributed by atoms with Crippen molar-refractivity contribution in [3.63, 3.8) is 0 Å². The number of aliphatic hydroxyl groups excluding tert-OH is 1. The Hall–Kier alpha value is -0.770. The molecule has 3 atom stereocenters. The van der Waals surface area contributed by atoms with Crippen molar-refractivity contribution >= 4 is 6.09 Å². The van der Waals surface area contributed by atoms with Gasteiger partial charge in [0.15, 0.2) is 0 Å². The van der Waals surface area contributed by atoms with E-state index in [0.29, 0.717) is 6.42 Å². The smallest absolute Gasteiger partial charge is 0.407 e. The predicted molar refractivity (Wildman–Crippen MR) is 66.8 cm³/mol. The lowest BCUT2D eigenvalue weighted by molar-refractivity contribution is -0.0902. The van der Waals surface area contributed by atoms with Crippen LogP contribution in [-0.2, 0) is 4.74 Å². The Morgan fingerprint density at radius 3 is 2.53 bits per heavy atom. The lowest BCUT2D eigenvalue weighted by atomic mass is 9.61. The number of amides is 1. The topological polar surface area (TPSA) is 58.6 Å². The predicted octanol–water partition coefficient (Wildman–Crippen LogP) is 2.45. The minimum atomic E-state index is -0.479. The molecule has 1 rings (SSSR count). The molecule has 0 radical (unpaired) electrons. The number of carbonyl (C=O) groups excluding carboxylic acids is 1. The van der Waals surface area contributed by atoms with Crippen LogP contribution in [0, 0.1) is 5.41 Å². The fourth-order valence-corrected chi connectivity index (χ4v) is 2.39. The van der Waals surface area contributed by atoms with Gasteiger partial charge in [-0.3, -0.25) is 0 Å². The van der Waals surface area contributed by atoms with E-state index in [0.717, 1.165) is 12.8 Å². The Bertz CT molecular complexity index is 285. The first kappa shape index (κ1) is 14.3. The van der Waals surface area contributed by atoms with E-state index in [4.69, 9.17) is 4.74 Å². The number of carbonyl (C=O) groups is 1. The Morgan fingerprint density at radius 2 is 2.12 bits per heavy atom. The van der Waals surface area contributed by atoms with Crippen LogP contribution in [-0.4, -0.2) is 28.9 Å². The molecule has 0 aromatic rings. The summed E-state index contributed by atoms with van der Waals surface area (Å²) in [7, 11) is 0. The Labute approximate surface area is 104 Å². The molecule has 0 aromatic carbocycles. The van der Waals surface area contributed by atoms with Gasteiger partial charge in [0.25, 0.3) is 0 Å². The molecule has 2 N–H and O–H groups in total.